The van der Waals surface area contributed by atoms with Crippen LogP contribution in [0.1, 0.15) is 37.7 Å². The van der Waals surface area contributed by atoms with Crippen molar-refractivity contribution in [2.45, 2.75) is 44.7 Å². The van der Waals surface area contributed by atoms with Gasteiger partial charge in [0.25, 0.3) is 0 Å². The molecule has 20 heavy (non-hydrogen) atoms. The minimum Gasteiger partial charge on any atom is -0.496 e. The maximum absolute atomic E-state index is 5.30. The molecule has 0 bridgehead atoms. The van der Waals surface area contributed by atoms with Crippen LogP contribution in [0.25, 0.3) is 0 Å². The molecule has 0 radical (unpaired) electrons. The second-order valence-electron chi connectivity index (χ2n) is 5.42. The molecule has 0 aliphatic heterocycles. The molecule has 1 aromatic rings. The van der Waals surface area contributed by atoms with Gasteiger partial charge in [-0.15, -0.1) is 0 Å². The van der Waals surface area contributed by atoms with Gasteiger partial charge in [-0.25, -0.2) is 0 Å². The molecule has 4 heteroatoms. The van der Waals surface area contributed by atoms with Crippen molar-refractivity contribution in [2.24, 2.45) is 0 Å². The van der Waals surface area contributed by atoms with Crippen molar-refractivity contribution < 1.29 is 4.74 Å². The van der Waals surface area contributed by atoms with E-state index in [1.54, 1.807) is 7.11 Å². The summed E-state index contributed by atoms with van der Waals surface area (Å²) in [4.78, 5) is 2.63. The molecule has 0 spiro atoms. The second-order valence-corrected chi connectivity index (χ2v) is 7.07. The first kappa shape index (κ1) is 16.3. The van der Waals surface area contributed by atoms with Crippen molar-refractivity contribution in [3.63, 3.8) is 0 Å². The molecule has 2 nitrogen and oxygen atoms in total. The molecule has 112 valence electrons. The van der Waals surface area contributed by atoms with Crippen LogP contribution in [-0.2, 0) is 6.54 Å². The Morgan fingerprint density at radius 1 is 1.25 bits per heavy atom. The van der Waals surface area contributed by atoms with Gasteiger partial charge in [0, 0.05) is 24.5 Å². The standard InChI is InChI=1S/C16H23Br2NO/c1-20-16-8-7-13(11-15(16)18)12-19(10-9-17)14-5-3-2-4-6-14/h7-8,11,14H,2-6,9-10,12H2,1H3. The van der Waals surface area contributed by atoms with Crippen LogP contribution >= 0.6 is 31.9 Å². The Morgan fingerprint density at radius 2 is 2.00 bits per heavy atom. The van der Waals surface area contributed by atoms with E-state index in [2.05, 4.69) is 48.9 Å². The Labute approximate surface area is 139 Å². The van der Waals surface area contributed by atoms with Gasteiger partial charge < -0.3 is 4.74 Å². The lowest BCUT2D eigenvalue weighted by Crippen LogP contribution is -2.37. The van der Waals surface area contributed by atoms with Crippen LogP contribution in [0.15, 0.2) is 22.7 Å². The number of alkyl halides is 1. The lowest BCUT2D eigenvalue weighted by Gasteiger charge is -2.34. The van der Waals surface area contributed by atoms with Crippen LogP contribution in [0.4, 0.5) is 0 Å². The maximum Gasteiger partial charge on any atom is 0.133 e. The first-order valence-corrected chi connectivity index (χ1v) is 9.28. The van der Waals surface area contributed by atoms with E-state index in [-0.39, 0.29) is 0 Å². The van der Waals surface area contributed by atoms with Crippen molar-refractivity contribution in [1.29, 1.82) is 0 Å². The summed E-state index contributed by atoms with van der Waals surface area (Å²) in [6.45, 7) is 2.15. The van der Waals surface area contributed by atoms with E-state index >= 15 is 0 Å². The van der Waals surface area contributed by atoms with Crippen molar-refractivity contribution >= 4 is 31.9 Å². The van der Waals surface area contributed by atoms with E-state index in [9.17, 15) is 0 Å². The smallest absolute Gasteiger partial charge is 0.133 e. The molecule has 0 amide bonds. The Hall–Kier alpha value is -0.0600. The molecule has 1 aliphatic carbocycles. The molecule has 0 heterocycles. The summed E-state index contributed by atoms with van der Waals surface area (Å²) >= 11 is 7.18. The van der Waals surface area contributed by atoms with Crippen LogP contribution in [0, 0.1) is 0 Å². The highest BCUT2D eigenvalue weighted by Gasteiger charge is 2.20. The molecular weight excluding hydrogens is 382 g/mol. The van der Waals surface area contributed by atoms with Gasteiger partial charge in [0.2, 0.25) is 0 Å². The third kappa shape index (κ3) is 4.47. The molecule has 0 aromatic heterocycles. The molecule has 1 aliphatic rings. The van der Waals surface area contributed by atoms with Gasteiger partial charge >= 0.3 is 0 Å². The van der Waals surface area contributed by atoms with Gasteiger partial charge in [0.1, 0.15) is 5.75 Å². The highest BCUT2D eigenvalue weighted by molar-refractivity contribution is 9.10. The zero-order valence-electron chi connectivity index (χ0n) is 12.1. The number of methoxy groups -OCH3 is 1. The number of halogens is 2. The molecule has 1 saturated carbocycles. The number of rotatable bonds is 6. The Morgan fingerprint density at radius 3 is 2.60 bits per heavy atom. The minimum atomic E-state index is 0.752. The summed E-state index contributed by atoms with van der Waals surface area (Å²) in [5.74, 6) is 0.901. The van der Waals surface area contributed by atoms with Crippen LogP contribution in [0.3, 0.4) is 0 Å². The largest absolute Gasteiger partial charge is 0.496 e. The molecular formula is C16H23Br2NO. The van der Waals surface area contributed by atoms with E-state index in [0.717, 1.165) is 34.7 Å². The molecule has 1 fully saturated rings. The second kappa shape index (κ2) is 8.40. The molecule has 1 aromatic carbocycles. The molecule has 0 N–H and O–H groups in total. The molecule has 0 saturated heterocycles. The maximum atomic E-state index is 5.30. The predicted molar refractivity (Wildman–Crippen MR) is 91.8 cm³/mol. The summed E-state index contributed by atoms with van der Waals surface area (Å²) in [7, 11) is 1.71. The van der Waals surface area contributed by atoms with Gasteiger partial charge in [-0.3, -0.25) is 4.90 Å². The summed E-state index contributed by atoms with van der Waals surface area (Å²) in [6.07, 6.45) is 6.88. The first-order chi connectivity index (χ1) is 9.74. The normalized spacial score (nSPS) is 16.6. The van der Waals surface area contributed by atoms with E-state index in [4.69, 9.17) is 4.74 Å². The van der Waals surface area contributed by atoms with E-state index in [1.165, 1.54) is 37.7 Å². The van der Waals surface area contributed by atoms with Crippen molar-refractivity contribution in [3.8, 4) is 5.75 Å². The van der Waals surface area contributed by atoms with Crippen LogP contribution in [0.2, 0.25) is 0 Å². The summed E-state index contributed by atoms with van der Waals surface area (Å²) in [5.41, 5.74) is 1.35. The quantitative estimate of drug-likeness (QED) is 0.619. The van der Waals surface area contributed by atoms with Crippen molar-refractivity contribution in [3.05, 3.63) is 28.2 Å². The predicted octanol–water partition coefficient (Wildman–Crippen LogP) is 4.99. The van der Waals surface area contributed by atoms with Gasteiger partial charge in [0.15, 0.2) is 0 Å². The Kier molecular flexibility index (Phi) is 6.85. The zero-order chi connectivity index (χ0) is 14.4. The fourth-order valence-corrected chi connectivity index (χ4v) is 4.03. The Balaban J connectivity index is 2.04. The average Bonchev–Trinajstić information content (AvgIpc) is 2.48. The van der Waals surface area contributed by atoms with E-state index in [1.807, 2.05) is 6.07 Å². The van der Waals surface area contributed by atoms with Crippen molar-refractivity contribution in [1.82, 2.24) is 4.90 Å². The van der Waals surface area contributed by atoms with E-state index in [0.29, 0.717) is 0 Å². The third-order valence-electron chi connectivity index (χ3n) is 4.06. The SMILES string of the molecule is COc1ccc(CN(CCBr)C2CCCCC2)cc1Br. The zero-order valence-corrected chi connectivity index (χ0v) is 15.2. The van der Waals surface area contributed by atoms with Crippen molar-refractivity contribution in [2.75, 3.05) is 19.0 Å². The number of benzene rings is 1. The highest BCUT2D eigenvalue weighted by Crippen LogP contribution is 2.28. The lowest BCUT2D eigenvalue weighted by molar-refractivity contribution is 0.158. The van der Waals surface area contributed by atoms with Gasteiger partial charge in [0.05, 0.1) is 11.6 Å². The van der Waals surface area contributed by atoms with Crippen LogP contribution in [0.5, 0.6) is 5.75 Å². The topological polar surface area (TPSA) is 12.5 Å². The lowest BCUT2D eigenvalue weighted by atomic mass is 9.94. The fraction of sp³-hybridized carbons (Fsp3) is 0.625. The number of hydrogen-bond acceptors (Lipinski definition) is 2. The average molecular weight is 405 g/mol. The van der Waals surface area contributed by atoms with Gasteiger partial charge in [-0.05, 0) is 46.5 Å². The molecule has 0 atom stereocenters. The third-order valence-corrected chi connectivity index (χ3v) is 5.04. The number of ether oxygens (including phenoxy) is 1. The number of hydrogen-bond donors (Lipinski definition) is 0. The molecule has 0 unspecified atom stereocenters. The van der Waals surface area contributed by atoms with Gasteiger partial charge in [-0.1, -0.05) is 41.3 Å². The summed E-state index contributed by atoms with van der Waals surface area (Å²) < 4.78 is 6.34. The molecule has 2 rings (SSSR count). The first-order valence-electron chi connectivity index (χ1n) is 7.37. The summed E-state index contributed by atoms with van der Waals surface area (Å²) in [5, 5.41) is 1.04. The minimum absolute atomic E-state index is 0.752. The van der Waals surface area contributed by atoms with Gasteiger partial charge in [-0.2, -0.15) is 0 Å². The highest BCUT2D eigenvalue weighted by atomic mass is 79.9. The van der Waals surface area contributed by atoms with E-state index < -0.39 is 0 Å². The Bertz CT molecular complexity index is 419. The van der Waals surface area contributed by atoms with Crippen LogP contribution < -0.4 is 4.74 Å². The van der Waals surface area contributed by atoms with Crippen LogP contribution in [-0.4, -0.2) is 29.9 Å². The summed E-state index contributed by atoms with van der Waals surface area (Å²) in [6, 6.07) is 7.16. The fourth-order valence-electron chi connectivity index (χ4n) is 2.99. The monoisotopic (exact) mass is 403 g/mol. The number of nitrogens with zero attached hydrogens (tertiary/aromatic N) is 1.